The van der Waals surface area contributed by atoms with Gasteiger partial charge in [-0.15, -0.1) is 0 Å². The van der Waals surface area contributed by atoms with E-state index in [0.717, 1.165) is 42.1 Å². The van der Waals surface area contributed by atoms with Gasteiger partial charge in [-0.1, -0.05) is 6.07 Å². The Balaban J connectivity index is 1.60. The van der Waals surface area contributed by atoms with Gasteiger partial charge in [0, 0.05) is 37.2 Å². The molecule has 0 atom stereocenters. The van der Waals surface area contributed by atoms with Gasteiger partial charge < -0.3 is 4.90 Å². The van der Waals surface area contributed by atoms with E-state index in [2.05, 4.69) is 20.8 Å². The van der Waals surface area contributed by atoms with Gasteiger partial charge in [0.1, 0.15) is 0 Å². The summed E-state index contributed by atoms with van der Waals surface area (Å²) in [4.78, 5) is 17.0. The number of amides is 1. The molecular weight excluding hydrogens is 316 g/mol. The normalized spacial score (nSPS) is 20.2. The van der Waals surface area contributed by atoms with Crippen LogP contribution in [0.4, 0.5) is 0 Å². The van der Waals surface area contributed by atoms with Crippen molar-refractivity contribution < 1.29 is 4.79 Å². The number of hydrogen-bond acceptors (Lipinski definition) is 2. The number of hydrogen-bond donors (Lipinski definition) is 0. The minimum atomic E-state index is 0.156. The quantitative estimate of drug-likeness (QED) is 0.847. The van der Waals surface area contributed by atoms with Crippen LogP contribution < -0.4 is 0 Å². The number of aryl methyl sites for hydroxylation is 1. The van der Waals surface area contributed by atoms with Crippen LogP contribution in [0, 0.1) is 12.8 Å². The van der Waals surface area contributed by atoms with E-state index < -0.39 is 0 Å². The number of benzene rings is 1. The zero-order valence-corrected chi connectivity index (χ0v) is 13.5. The average molecular weight is 337 g/mol. The fraction of sp³-hybridized carbons (Fsp3) is 0.562. The molecule has 1 aliphatic carbocycles. The average Bonchev–Trinajstić information content (AvgIpc) is 3.23. The van der Waals surface area contributed by atoms with Crippen molar-refractivity contribution in [2.75, 3.05) is 32.7 Å². The molecule has 2 fully saturated rings. The molecule has 0 N–H and O–H groups in total. The third-order valence-corrected chi connectivity index (χ3v) is 4.88. The molecule has 20 heavy (non-hydrogen) atoms. The van der Waals surface area contributed by atoms with Crippen LogP contribution in [0.5, 0.6) is 0 Å². The van der Waals surface area contributed by atoms with Crippen molar-refractivity contribution >= 4 is 21.8 Å². The van der Waals surface area contributed by atoms with Crippen molar-refractivity contribution in [3.63, 3.8) is 0 Å². The Morgan fingerprint density at radius 2 is 1.95 bits per heavy atom. The van der Waals surface area contributed by atoms with Gasteiger partial charge >= 0.3 is 0 Å². The maximum Gasteiger partial charge on any atom is 0.255 e. The molecule has 3 nitrogen and oxygen atoms in total. The SMILES string of the molecule is Cc1ccc(C(=O)N2CCN(CC3CC3)CC2)c(Br)c1. The highest BCUT2D eigenvalue weighted by Gasteiger charge is 2.28. The van der Waals surface area contributed by atoms with Gasteiger partial charge in [0.25, 0.3) is 5.91 Å². The Labute approximate surface area is 129 Å². The predicted molar refractivity (Wildman–Crippen MR) is 83.9 cm³/mol. The maximum absolute atomic E-state index is 12.6. The lowest BCUT2D eigenvalue weighted by Crippen LogP contribution is -2.49. The summed E-state index contributed by atoms with van der Waals surface area (Å²) in [5.74, 6) is 1.09. The van der Waals surface area contributed by atoms with Crippen molar-refractivity contribution in [2.24, 2.45) is 5.92 Å². The molecule has 2 aliphatic rings. The molecule has 0 bridgehead atoms. The highest BCUT2D eigenvalue weighted by Crippen LogP contribution is 2.30. The molecule has 0 spiro atoms. The number of carbonyl (C=O) groups excluding carboxylic acids is 1. The van der Waals surface area contributed by atoms with Gasteiger partial charge in [-0.25, -0.2) is 0 Å². The lowest BCUT2D eigenvalue weighted by atomic mass is 10.1. The number of halogens is 1. The van der Waals surface area contributed by atoms with Crippen molar-refractivity contribution in [3.8, 4) is 0 Å². The van der Waals surface area contributed by atoms with Gasteiger partial charge in [-0.05, 0) is 59.3 Å². The first-order valence-corrected chi connectivity index (χ1v) is 8.20. The number of carbonyl (C=O) groups is 1. The van der Waals surface area contributed by atoms with Crippen LogP contribution in [0.2, 0.25) is 0 Å². The van der Waals surface area contributed by atoms with E-state index in [-0.39, 0.29) is 5.91 Å². The Hall–Kier alpha value is -0.870. The van der Waals surface area contributed by atoms with Crippen LogP contribution in [0.3, 0.4) is 0 Å². The van der Waals surface area contributed by atoms with E-state index in [0.29, 0.717) is 0 Å². The number of rotatable bonds is 3. The summed E-state index contributed by atoms with van der Waals surface area (Å²) in [5, 5.41) is 0. The molecule has 0 radical (unpaired) electrons. The summed E-state index contributed by atoms with van der Waals surface area (Å²) in [6, 6.07) is 5.94. The minimum Gasteiger partial charge on any atom is -0.336 e. The number of piperazine rings is 1. The molecule has 0 unspecified atom stereocenters. The zero-order valence-electron chi connectivity index (χ0n) is 11.9. The Bertz CT molecular complexity index is 505. The van der Waals surface area contributed by atoms with E-state index in [1.165, 1.54) is 24.9 Å². The molecular formula is C16H21BrN2O. The lowest BCUT2D eigenvalue weighted by molar-refractivity contribution is 0.0631. The minimum absolute atomic E-state index is 0.156. The molecule has 1 aromatic rings. The van der Waals surface area contributed by atoms with Crippen LogP contribution in [-0.4, -0.2) is 48.4 Å². The van der Waals surface area contributed by atoms with Crippen LogP contribution in [0.1, 0.15) is 28.8 Å². The van der Waals surface area contributed by atoms with Gasteiger partial charge in [0.05, 0.1) is 5.56 Å². The summed E-state index contributed by atoms with van der Waals surface area (Å²) in [7, 11) is 0. The van der Waals surface area contributed by atoms with Crippen molar-refractivity contribution in [1.82, 2.24) is 9.80 Å². The van der Waals surface area contributed by atoms with Gasteiger partial charge in [-0.3, -0.25) is 9.69 Å². The van der Waals surface area contributed by atoms with Crippen LogP contribution in [-0.2, 0) is 0 Å². The first-order valence-electron chi connectivity index (χ1n) is 7.41. The highest BCUT2D eigenvalue weighted by atomic mass is 79.9. The highest BCUT2D eigenvalue weighted by molar-refractivity contribution is 9.10. The lowest BCUT2D eigenvalue weighted by Gasteiger charge is -2.35. The third kappa shape index (κ3) is 3.23. The summed E-state index contributed by atoms with van der Waals surface area (Å²) < 4.78 is 0.905. The van der Waals surface area contributed by atoms with E-state index in [9.17, 15) is 4.79 Å². The molecule has 1 aliphatic heterocycles. The van der Waals surface area contributed by atoms with Gasteiger partial charge in [0.2, 0.25) is 0 Å². The standard InChI is InChI=1S/C16H21BrN2O/c1-12-2-5-14(15(17)10-12)16(20)19-8-6-18(7-9-19)11-13-3-4-13/h2,5,10,13H,3-4,6-9,11H2,1H3. The fourth-order valence-corrected chi connectivity index (χ4v) is 3.43. The molecule has 1 aromatic carbocycles. The first kappa shape index (κ1) is 14.1. The predicted octanol–water partition coefficient (Wildman–Crippen LogP) is 2.93. The van der Waals surface area contributed by atoms with Gasteiger partial charge in [0.15, 0.2) is 0 Å². The summed E-state index contributed by atoms with van der Waals surface area (Å²) in [6.45, 7) is 7.01. The third-order valence-electron chi connectivity index (χ3n) is 4.23. The molecule has 0 aromatic heterocycles. The molecule has 3 rings (SSSR count). The van der Waals surface area contributed by atoms with E-state index in [1.807, 2.05) is 30.0 Å². The fourth-order valence-electron chi connectivity index (χ4n) is 2.76. The zero-order chi connectivity index (χ0) is 14.1. The van der Waals surface area contributed by atoms with Crippen molar-refractivity contribution in [3.05, 3.63) is 33.8 Å². The van der Waals surface area contributed by atoms with E-state index in [1.54, 1.807) is 0 Å². The molecule has 1 heterocycles. The van der Waals surface area contributed by atoms with Crippen LogP contribution in [0.15, 0.2) is 22.7 Å². The van der Waals surface area contributed by atoms with Crippen LogP contribution >= 0.6 is 15.9 Å². The van der Waals surface area contributed by atoms with Crippen LogP contribution in [0.25, 0.3) is 0 Å². The molecule has 4 heteroatoms. The van der Waals surface area contributed by atoms with E-state index in [4.69, 9.17) is 0 Å². The van der Waals surface area contributed by atoms with Crippen molar-refractivity contribution in [1.29, 1.82) is 0 Å². The second-order valence-corrected chi connectivity index (χ2v) is 6.87. The summed E-state index contributed by atoms with van der Waals surface area (Å²) in [5.41, 5.74) is 1.95. The smallest absolute Gasteiger partial charge is 0.255 e. The second-order valence-electron chi connectivity index (χ2n) is 6.02. The van der Waals surface area contributed by atoms with Crippen molar-refractivity contribution in [2.45, 2.75) is 19.8 Å². The Morgan fingerprint density at radius 3 is 2.55 bits per heavy atom. The maximum atomic E-state index is 12.6. The molecule has 1 saturated heterocycles. The Morgan fingerprint density at radius 1 is 1.25 bits per heavy atom. The van der Waals surface area contributed by atoms with Gasteiger partial charge in [-0.2, -0.15) is 0 Å². The largest absolute Gasteiger partial charge is 0.336 e. The molecule has 1 amide bonds. The Kier molecular flexibility index (Phi) is 4.13. The first-order chi connectivity index (χ1) is 9.63. The second kappa shape index (κ2) is 5.86. The molecule has 108 valence electrons. The molecule has 1 saturated carbocycles. The summed E-state index contributed by atoms with van der Waals surface area (Å²) in [6.07, 6.45) is 2.80. The number of nitrogens with zero attached hydrogens (tertiary/aromatic N) is 2. The van der Waals surface area contributed by atoms with E-state index >= 15 is 0 Å². The monoisotopic (exact) mass is 336 g/mol. The topological polar surface area (TPSA) is 23.6 Å². The summed E-state index contributed by atoms with van der Waals surface area (Å²) >= 11 is 3.51.